The number of carbonyl (C=O) groups is 2. The van der Waals surface area contributed by atoms with Crippen molar-refractivity contribution in [3.63, 3.8) is 0 Å². The molecule has 0 heterocycles. The Morgan fingerprint density at radius 1 is 1.24 bits per heavy atom. The minimum Gasteiger partial charge on any atom is -0.481 e. The van der Waals surface area contributed by atoms with Gasteiger partial charge in [0.15, 0.2) is 0 Å². The monoisotopic (exact) mass is 341 g/mol. The van der Waals surface area contributed by atoms with Crippen molar-refractivity contribution in [2.24, 2.45) is 11.8 Å². The summed E-state index contributed by atoms with van der Waals surface area (Å²) in [4.78, 5) is 23.7. The topological polar surface area (TPSA) is 75.6 Å². The van der Waals surface area contributed by atoms with Crippen LogP contribution < -0.4 is 5.32 Å². The van der Waals surface area contributed by atoms with Crippen LogP contribution in [0.1, 0.15) is 18.9 Å². The highest BCUT2D eigenvalue weighted by molar-refractivity contribution is 5.86. The molecule has 0 aromatic heterocycles. The van der Waals surface area contributed by atoms with Gasteiger partial charge >= 0.3 is 5.97 Å². The standard InChI is InChI=1S/C20H23NO4/c1-2-25-18-11-17(18)19(22)21-12-15(20(23)24)10-14-8-5-7-13-6-3-4-9-16(13)14/h3-9,15,17-18H,2,10-12H2,1H3,(H,21,22)(H,23,24). The summed E-state index contributed by atoms with van der Waals surface area (Å²) in [6.07, 6.45) is 1.10. The van der Waals surface area contributed by atoms with Gasteiger partial charge in [0, 0.05) is 13.2 Å². The molecule has 0 saturated heterocycles. The lowest BCUT2D eigenvalue weighted by Gasteiger charge is -2.15. The highest BCUT2D eigenvalue weighted by Crippen LogP contribution is 2.33. The summed E-state index contributed by atoms with van der Waals surface area (Å²) in [5.41, 5.74) is 0.985. The fraction of sp³-hybridized carbons (Fsp3) is 0.400. The molecular weight excluding hydrogens is 318 g/mol. The minimum absolute atomic E-state index is 0.00801. The largest absolute Gasteiger partial charge is 0.481 e. The number of fused-ring (bicyclic) bond motifs is 1. The van der Waals surface area contributed by atoms with Crippen LogP contribution in [0, 0.1) is 11.8 Å². The molecule has 3 unspecified atom stereocenters. The summed E-state index contributed by atoms with van der Waals surface area (Å²) in [6, 6.07) is 13.8. The fourth-order valence-electron chi connectivity index (χ4n) is 3.18. The molecule has 2 aromatic carbocycles. The van der Waals surface area contributed by atoms with Gasteiger partial charge in [0.05, 0.1) is 17.9 Å². The zero-order valence-electron chi connectivity index (χ0n) is 14.3. The summed E-state index contributed by atoms with van der Waals surface area (Å²) in [6.45, 7) is 2.62. The molecule has 1 amide bonds. The second-order valence-electron chi connectivity index (χ2n) is 6.46. The number of amides is 1. The first-order valence-corrected chi connectivity index (χ1v) is 8.69. The van der Waals surface area contributed by atoms with Gasteiger partial charge in [-0.05, 0) is 36.1 Å². The summed E-state index contributed by atoms with van der Waals surface area (Å²) in [5, 5.41) is 14.5. The molecule has 0 spiro atoms. The third kappa shape index (κ3) is 4.17. The predicted molar refractivity (Wildman–Crippen MR) is 95.3 cm³/mol. The van der Waals surface area contributed by atoms with Crippen molar-refractivity contribution < 1.29 is 19.4 Å². The van der Waals surface area contributed by atoms with Crippen LogP contribution >= 0.6 is 0 Å². The quantitative estimate of drug-likeness (QED) is 0.774. The highest BCUT2D eigenvalue weighted by atomic mass is 16.5. The number of hydrogen-bond acceptors (Lipinski definition) is 3. The molecule has 1 aliphatic carbocycles. The number of hydrogen-bond donors (Lipinski definition) is 2. The maximum atomic E-state index is 12.1. The fourth-order valence-corrected chi connectivity index (χ4v) is 3.18. The van der Waals surface area contributed by atoms with E-state index in [1.807, 2.05) is 49.4 Å². The van der Waals surface area contributed by atoms with E-state index in [0.29, 0.717) is 13.0 Å². The van der Waals surface area contributed by atoms with Crippen LogP contribution in [-0.4, -0.2) is 36.2 Å². The molecule has 5 heteroatoms. The van der Waals surface area contributed by atoms with Crippen molar-refractivity contribution in [1.82, 2.24) is 5.32 Å². The van der Waals surface area contributed by atoms with Crippen molar-refractivity contribution >= 4 is 22.6 Å². The van der Waals surface area contributed by atoms with Crippen LogP contribution in [0.15, 0.2) is 42.5 Å². The average molecular weight is 341 g/mol. The molecule has 1 fully saturated rings. The van der Waals surface area contributed by atoms with Crippen molar-refractivity contribution in [3.05, 3.63) is 48.0 Å². The number of carbonyl (C=O) groups excluding carboxylic acids is 1. The van der Waals surface area contributed by atoms with Crippen molar-refractivity contribution in [2.45, 2.75) is 25.9 Å². The van der Waals surface area contributed by atoms with E-state index >= 15 is 0 Å². The van der Waals surface area contributed by atoms with E-state index in [1.165, 1.54) is 0 Å². The SMILES string of the molecule is CCOC1CC1C(=O)NCC(Cc1cccc2ccccc12)C(=O)O. The average Bonchev–Trinajstić information content (AvgIpc) is 3.38. The summed E-state index contributed by atoms with van der Waals surface area (Å²) in [7, 11) is 0. The molecule has 0 bridgehead atoms. The van der Waals surface area contributed by atoms with E-state index in [0.717, 1.165) is 22.8 Å². The Balaban J connectivity index is 1.64. The molecule has 5 nitrogen and oxygen atoms in total. The minimum atomic E-state index is -0.898. The van der Waals surface area contributed by atoms with Gasteiger partial charge in [-0.15, -0.1) is 0 Å². The third-order valence-electron chi connectivity index (χ3n) is 4.67. The Kier molecular flexibility index (Phi) is 5.34. The Morgan fingerprint density at radius 3 is 2.76 bits per heavy atom. The Morgan fingerprint density at radius 2 is 2.00 bits per heavy atom. The lowest BCUT2D eigenvalue weighted by molar-refractivity contribution is -0.141. The van der Waals surface area contributed by atoms with Gasteiger partial charge < -0.3 is 15.2 Å². The lowest BCUT2D eigenvalue weighted by Crippen LogP contribution is -2.35. The number of nitrogens with one attached hydrogen (secondary N) is 1. The van der Waals surface area contributed by atoms with Gasteiger partial charge in [-0.25, -0.2) is 0 Å². The molecule has 0 aliphatic heterocycles. The van der Waals surface area contributed by atoms with E-state index in [9.17, 15) is 14.7 Å². The lowest BCUT2D eigenvalue weighted by atomic mass is 9.95. The number of carboxylic acids is 1. The smallest absolute Gasteiger partial charge is 0.308 e. The first kappa shape index (κ1) is 17.4. The van der Waals surface area contributed by atoms with E-state index in [-0.39, 0.29) is 24.5 Å². The maximum absolute atomic E-state index is 12.1. The Hall–Kier alpha value is -2.40. The molecule has 3 rings (SSSR count). The van der Waals surface area contributed by atoms with Crippen LogP contribution in [0.2, 0.25) is 0 Å². The normalized spacial score (nSPS) is 20.2. The first-order chi connectivity index (χ1) is 12.1. The van der Waals surface area contributed by atoms with Gasteiger partial charge in [0.1, 0.15) is 0 Å². The molecular formula is C20H23NO4. The zero-order chi connectivity index (χ0) is 17.8. The van der Waals surface area contributed by atoms with Crippen LogP contribution in [0.3, 0.4) is 0 Å². The number of aliphatic carboxylic acids is 1. The molecule has 2 aromatic rings. The van der Waals surface area contributed by atoms with Crippen molar-refractivity contribution in [2.75, 3.05) is 13.2 Å². The Labute approximate surface area is 147 Å². The predicted octanol–water partition coefficient (Wildman–Crippen LogP) is 2.62. The van der Waals surface area contributed by atoms with Crippen LogP contribution in [0.5, 0.6) is 0 Å². The van der Waals surface area contributed by atoms with Gasteiger partial charge in [0.2, 0.25) is 5.91 Å². The van der Waals surface area contributed by atoms with Crippen LogP contribution in [0.25, 0.3) is 10.8 Å². The number of carboxylic acid groups (broad SMARTS) is 1. The number of benzene rings is 2. The van der Waals surface area contributed by atoms with Gasteiger partial charge in [-0.2, -0.15) is 0 Å². The number of rotatable bonds is 8. The van der Waals surface area contributed by atoms with Crippen LogP contribution in [0.4, 0.5) is 0 Å². The third-order valence-corrected chi connectivity index (χ3v) is 4.67. The summed E-state index contributed by atoms with van der Waals surface area (Å²) < 4.78 is 5.41. The highest BCUT2D eigenvalue weighted by Gasteiger charge is 2.44. The van der Waals surface area contributed by atoms with E-state index in [1.54, 1.807) is 0 Å². The summed E-state index contributed by atoms with van der Waals surface area (Å²) >= 11 is 0. The zero-order valence-corrected chi connectivity index (χ0v) is 14.3. The maximum Gasteiger partial charge on any atom is 0.308 e. The van der Waals surface area contributed by atoms with E-state index < -0.39 is 11.9 Å². The number of ether oxygens (including phenoxy) is 1. The summed E-state index contributed by atoms with van der Waals surface area (Å²) in [5.74, 6) is -1.79. The van der Waals surface area contributed by atoms with Gasteiger partial charge in [-0.1, -0.05) is 42.5 Å². The van der Waals surface area contributed by atoms with E-state index in [4.69, 9.17) is 4.74 Å². The molecule has 25 heavy (non-hydrogen) atoms. The Bertz CT molecular complexity index is 768. The molecule has 1 aliphatic rings. The van der Waals surface area contributed by atoms with Crippen LogP contribution in [-0.2, 0) is 20.7 Å². The molecule has 2 N–H and O–H groups in total. The van der Waals surface area contributed by atoms with Crippen molar-refractivity contribution in [1.29, 1.82) is 0 Å². The molecule has 1 saturated carbocycles. The molecule has 132 valence electrons. The second kappa shape index (κ2) is 7.66. The van der Waals surface area contributed by atoms with Gasteiger partial charge in [0.25, 0.3) is 0 Å². The van der Waals surface area contributed by atoms with Crippen molar-refractivity contribution in [3.8, 4) is 0 Å². The first-order valence-electron chi connectivity index (χ1n) is 8.69. The van der Waals surface area contributed by atoms with E-state index in [2.05, 4.69) is 5.32 Å². The second-order valence-corrected chi connectivity index (χ2v) is 6.46. The van der Waals surface area contributed by atoms with Gasteiger partial charge in [-0.3, -0.25) is 9.59 Å². The molecule has 0 radical (unpaired) electrons. The molecule has 3 atom stereocenters.